The van der Waals surface area contributed by atoms with Crippen molar-refractivity contribution in [3.05, 3.63) is 66.5 Å². The van der Waals surface area contributed by atoms with Gasteiger partial charge in [-0.05, 0) is 61.5 Å². The molecule has 1 N–H and O–H groups in total. The normalized spacial score (nSPS) is 13.7. The highest BCUT2D eigenvalue weighted by Crippen LogP contribution is 2.22. The van der Waals surface area contributed by atoms with Crippen molar-refractivity contribution in [1.82, 2.24) is 15.1 Å². The molecule has 7 nitrogen and oxygen atoms in total. The maximum atomic E-state index is 13.3. The van der Waals surface area contributed by atoms with Crippen LogP contribution in [0.5, 0.6) is 5.75 Å². The molecule has 0 unspecified atom stereocenters. The van der Waals surface area contributed by atoms with Crippen LogP contribution in [0.15, 0.2) is 60.7 Å². The van der Waals surface area contributed by atoms with Gasteiger partial charge in [0.05, 0.1) is 12.3 Å². The van der Waals surface area contributed by atoms with Crippen molar-refractivity contribution < 1.29 is 13.9 Å². The summed E-state index contributed by atoms with van der Waals surface area (Å²) in [4.78, 5) is 16.2. The van der Waals surface area contributed by atoms with Crippen molar-refractivity contribution in [2.24, 2.45) is 0 Å². The minimum atomic E-state index is -0.380. The molecule has 4 rings (SSSR count). The summed E-state index contributed by atoms with van der Waals surface area (Å²) in [6.45, 7) is 4.97. The van der Waals surface area contributed by atoms with Crippen LogP contribution >= 0.6 is 0 Å². The number of nitrogens with one attached hydrogen (secondary N) is 1. The second kappa shape index (κ2) is 9.42. The third-order valence-electron chi connectivity index (χ3n) is 5.08. The SMILES string of the molecule is CCOc1ccc(-c2ccc(N3CCN(C(=O)Nc4cccc(F)c4)CC3)nn2)cc1. The second-order valence-corrected chi connectivity index (χ2v) is 7.15. The molecule has 0 bridgehead atoms. The average molecular weight is 421 g/mol. The zero-order valence-corrected chi connectivity index (χ0v) is 17.3. The first-order valence-corrected chi connectivity index (χ1v) is 10.3. The zero-order chi connectivity index (χ0) is 21.6. The Morgan fingerprint density at radius 3 is 2.45 bits per heavy atom. The Labute approximate surface area is 180 Å². The monoisotopic (exact) mass is 421 g/mol. The molecule has 1 fully saturated rings. The van der Waals surface area contributed by atoms with E-state index in [4.69, 9.17) is 4.74 Å². The number of urea groups is 1. The van der Waals surface area contributed by atoms with E-state index in [-0.39, 0.29) is 11.8 Å². The van der Waals surface area contributed by atoms with Gasteiger partial charge in [0.2, 0.25) is 0 Å². The number of piperazine rings is 1. The fraction of sp³-hybridized carbons (Fsp3) is 0.261. The standard InChI is InChI=1S/C23H24FN5O2/c1-2-31-20-8-6-17(7-9-20)21-10-11-22(27-26-21)28-12-14-29(15-13-28)23(30)25-19-5-3-4-18(24)16-19/h3-11,16H,2,12-15H2,1H3,(H,25,30). The van der Waals surface area contributed by atoms with Gasteiger partial charge >= 0.3 is 6.03 Å². The Balaban J connectivity index is 1.33. The molecular formula is C23H24FN5O2. The van der Waals surface area contributed by atoms with Crippen LogP contribution in [0.4, 0.5) is 20.7 Å². The van der Waals surface area contributed by atoms with E-state index in [1.165, 1.54) is 12.1 Å². The molecule has 1 aromatic heterocycles. The van der Waals surface area contributed by atoms with Crippen LogP contribution in [0.25, 0.3) is 11.3 Å². The first-order valence-electron chi connectivity index (χ1n) is 10.3. The molecule has 0 saturated carbocycles. The smallest absolute Gasteiger partial charge is 0.321 e. The topological polar surface area (TPSA) is 70.6 Å². The Bertz CT molecular complexity index is 1020. The van der Waals surface area contributed by atoms with Gasteiger partial charge in [-0.25, -0.2) is 9.18 Å². The number of amides is 2. The summed E-state index contributed by atoms with van der Waals surface area (Å²) in [7, 11) is 0. The summed E-state index contributed by atoms with van der Waals surface area (Å²) < 4.78 is 18.8. The number of hydrogen-bond acceptors (Lipinski definition) is 5. The van der Waals surface area contributed by atoms with Gasteiger partial charge in [-0.2, -0.15) is 0 Å². The fourth-order valence-electron chi connectivity index (χ4n) is 3.44. The molecular weight excluding hydrogens is 397 g/mol. The van der Waals surface area contributed by atoms with Crippen LogP contribution in [0, 0.1) is 5.82 Å². The van der Waals surface area contributed by atoms with Crippen molar-refractivity contribution in [2.75, 3.05) is 43.0 Å². The van der Waals surface area contributed by atoms with Gasteiger partial charge in [0.25, 0.3) is 0 Å². The van der Waals surface area contributed by atoms with Crippen molar-refractivity contribution in [3.63, 3.8) is 0 Å². The molecule has 0 radical (unpaired) electrons. The highest BCUT2D eigenvalue weighted by molar-refractivity contribution is 5.89. The van der Waals surface area contributed by atoms with Crippen LogP contribution in [0.3, 0.4) is 0 Å². The van der Waals surface area contributed by atoms with Crippen LogP contribution < -0.4 is 15.0 Å². The van der Waals surface area contributed by atoms with Crippen molar-refractivity contribution in [3.8, 4) is 17.0 Å². The Hall–Kier alpha value is -3.68. The first kappa shape index (κ1) is 20.6. The number of nitrogens with zero attached hydrogens (tertiary/aromatic N) is 4. The third-order valence-corrected chi connectivity index (χ3v) is 5.08. The number of aromatic nitrogens is 2. The molecule has 1 aliphatic rings. The van der Waals surface area contributed by atoms with Crippen molar-refractivity contribution in [1.29, 1.82) is 0 Å². The van der Waals surface area contributed by atoms with Gasteiger partial charge in [0, 0.05) is 37.4 Å². The molecule has 8 heteroatoms. The molecule has 160 valence electrons. The molecule has 2 heterocycles. The maximum absolute atomic E-state index is 13.3. The zero-order valence-electron chi connectivity index (χ0n) is 17.3. The summed E-state index contributed by atoms with van der Waals surface area (Å²) in [5, 5.41) is 11.5. The van der Waals surface area contributed by atoms with Crippen molar-refractivity contribution in [2.45, 2.75) is 6.92 Å². The minimum absolute atomic E-state index is 0.234. The molecule has 0 spiro atoms. The highest BCUT2D eigenvalue weighted by Gasteiger charge is 2.22. The van der Waals surface area contributed by atoms with Gasteiger partial charge in [-0.15, -0.1) is 10.2 Å². The van der Waals surface area contributed by atoms with E-state index in [1.807, 2.05) is 43.3 Å². The van der Waals surface area contributed by atoms with E-state index < -0.39 is 0 Å². The largest absolute Gasteiger partial charge is 0.494 e. The van der Waals surface area contributed by atoms with Crippen LogP contribution in [0.2, 0.25) is 0 Å². The molecule has 2 aromatic carbocycles. The summed E-state index contributed by atoms with van der Waals surface area (Å²) in [5.41, 5.74) is 2.21. The van der Waals surface area contributed by atoms with Gasteiger partial charge < -0.3 is 19.9 Å². The summed E-state index contributed by atoms with van der Waals surface area (Å²) in [6, 6.07) is 17.3. The first-order chi connectivity index (χ1) is 15.1. The van der Waals surface area contributed by atoms with E-state index in [2.05, 4.69) is 20.4 Å². The molecule has 2 amide bonds. The molecule has 0 atom stereocenters. The van der Waals surface area contributed by atoms with E-state index in [1.54, 1.807) is 17.0 Å². The number of ether oxygens (including phenoxy) is 1. The van der Waals surface area contributed by atoms with Gasteiger partial charge in [0.15, 0.2) is 5.82 Å². The quantitative estimate of drug-likeness (QED) is 0.673. The lowest BCUT2D eigenvalue weighted by Crippen LogP contribution is -2.50. The minimum Gasteiger partial charge on any atom is -0.494 e. The van der Waals surface area contributed by atoms with E-state index in [9.17, 15) is 9.18 Å². The number of carbonyl (C=O) groups is 1. The number of carbonyl (C=O) groups excluding carboxylic acids is 1. The third kappa shape index (κ3) is 5.09. The lowest BCUT2D eigenvalue weighted by Gasteiger charge is -2.35. The molecule has 0 aliphatic carbocycles. The summed E-state index contributed by atoms with van der Waals surface area (Å²) in [5.74, 6) is 1.23. The Kier molecular flexibility index (Phi) is 6.26. The van der Waals surface area contributed by atoms with Crippen molar-refractivity contribution >= 4 is 17.5 Å². The van der Waals surface area contributed by atoms with Gasteiger partial charge in [-0.1, -0.05) is 6.07 Å². The highest BCUT2D eigenvalue weighted by atomic mass is 19.1. The number of anilines is 2. The van der Waals surface area contributed by atoms with Crippen LogP contribution in [0.1, 0.15) is 6.92 Å². The lowest BCUT2D eigenvalue weighted by atomic mass is 10.1. The summed E-state index contributed by atoms with van der Waals surface area (Å²) >= 11 is 0. The average Bonchev–Trinajstić information content (AvgIpc) is 2.80. The Morgan fingerprint density at radius 1 is 1.03 bits per heavy atom. The van der Waals surface area contributed by atoms with Gasteiger partial charge in [-0.3, -0.25) is 0 Å². The number of rotatable bonds is 5. The Morgan fingerprint density at radius 2 is 1.81 bits per heavy atom. The molecule has 1 aliphatic heterocycles. The molecule has 31 heavy (non-hydrogen) atoms. The number of benzene rings is 2. The maximum Gasteiger partial charge on any atom is 0.321 e. The van der Waals surface area contributed by atoms with E-state index in [0.717, 1.165) is 22.8 Å². The second-order valence-electron chi connectivity index (χ2n) is 7.15. The van der Waals surface area contributed by atoms with Crippen LogP contribution in [-0.4, -0.2) is 53.9 Å². The van der Waals surface area contributed by atoms with E-state index >= 15 is 0 Å². The lowest BCUT2D eigenvalue weighted by molar-refractivity contribution is 0.208. The fourth-order valence-corrected chi connectivity index (χ4v) is 3.44. The predicted octanol–water partition coefficient (Wildman–Crippen LogP) is 4.04. The van der Waals surface area contributed by atoms with Crippen LogP contribution in [-0.2, 0) is 0 Å². The van der Waals surface area contributed by atoms with Gasteiger partial charge in [0.1, 0.15) is 11.6 Å². The number of hydrogen-bond donors (Lipinski definition) is 1. The predicted molar refractivity (Wildman–Crippen MR) is 118 cm³/mol. The molecule has 1 saturated heterocycles. The summed E-state index contributed by atoms with van der Waals surface area (Å²) in [6.07, 6.45) is 0. The number of halogens is 1. The molecule has 3 aromatic rings. The van der Waals surface area contributed by atoms with E-state index in [0.29, 0.717) is 38.5 Å².